The molecule has 1 N–H and O–H groups in total. The number of halogens is 2. The van der Waals surface area contributed by atoms with Crippen molar-refractivity contribution in [3.8, 4) is 0 Å². The fraction of sp³-hybridized carbons (Fsp3) is 0.533. The molecule has 1 fully saturated rings. The number of ketones is 1. The van der Waals surface area contributed by atoms with Gasteiger partial charge in [-0.15, -0.1) is 0 Å². The maximum atomic E-state index is 13.1. The Labute approximate surface area is 121 Å². The normalized spacial score (nSPS) is 23.0. The summed E-state index contributed by atoms with van der Waals surface area (Å²) >= 11 is 3.33. The van der Waals surface area contributed by atoms with E-state index < -0.39 is 0 Å². The van der Waals surface area contributed by atoms with E-state index >= 15 is 0 Å². The standard InChI is InChI=1S/C15H19BrFNO/c1-10(2)15(5-6-18-9-15)14(19)7-11-3-4-12(17)8-13(11)16/h3-4,8,10,18H,5-7,9H2,1-2H3. The van der Waals surface area contributed by atoms with E-state index in [2.05, 4.69) is 35.1 Å². The summed E-state index contributed by atoms with van der Waals surface area (Å²) in [4.78, 5) is 12.7. The maximum Gasteiger partial charge on any atom is 0.145 e. The van der Waals surface area contributed by atoms with Crippen LogP contribution in [0.2, 0.25) is 0 Å². The minimum absolute atomic E-state index is 0.250. The van der Waals surface area contributed by atoms with Gasteiger partial charge < -0.3 is 5.32 Å². The molecule has 1 aliphatic rings. The maximum absolute atomic E-state index is 13.1. The Hall–Kier alpha value is -0.740. The van der Waals surface area contributed by atoms with Crippen LogP contribution in [-0.2, 0) is 11.2 Å². The molecule has 1 heterocycles. The van der Waals surface area contributed by atoms with Crippen LogP contribution < -0.4 is 5.32 Å². The topological polar surface area (TPSA) is 29.1 Å². The van der Waals surface area contributed by atoms with E-state index in [0.29, 0.717) is 16.8 Å². The molecule has 0 amide bonds. The van der Waals surface area contributed by atoms with Crippen LogP contribution in [0.1, 0.15) is 25.8 Å². The monoisotopic (exact) mass is 327 g/mol. The second-order valence-corrected chi connectivity index (χ2v) is 6.43. The molecular weight excluding hydrogens is 309 g/mol. The quantitative estimate of drug-likeness (QED) is 0.918. The summed E-state index contributed by atoms with van der Waals surface area (Å²) in [5, 5.41) is 3.29. The predicted octanol–water partition coefficient (Wildman–Crippen LogP) is 3.34. The number of hydrogen-bond donors (Lipinski definition) is 1. The van der Waals surface area contributed by atoms with E-state index in [1.807, 2.05) is 0 Å². The smallest absolute Gasteiger partial charge is 0.145 e. The van der Waals surface area contributed by atoms with E-state index in [1.54, 1.807) is 6.07 Å². The van der Waals surface area contributed by atoms with Crippen LogP contribution in [0, 0.1) is 17.2 Å². The van der Waals surface area contributed by atoms with Gasteiger partial charge in [-0.25, -0.2) is 4.39 Å². The van der Waals surface area contributed by atoms with E-state index in [4.69, 9.17) is 0 Å². The Kier molecular flexibility index (Phi) is 4.41. The van der Waals surface area contributed by atoms with Crippen molar-refractivity contribution >= 4 is 21.7 Å². The molecule has 0 spiro atoms. The zero-order chi connectivity index (χ0) is 14.0. The third-order valence-corrected chi connectivity index (χ3v) is 4.95. The van der Waals surface area contributed by atoms with Gasteiger partial charge in [0, 0.05) is 22.9 Å². The van der Waals surface area contributed by atoms with Crippen LogP contribution in [0.4, 0.5) is 4.39 Å². The summed E-state index contributed by atoms with van der Waals surface area (Å²) < 4.78 is 13.7. The number of carbonyl (C=O) groups is 1. The summed E-state index contributed by atoms with van der Waals surface area (Å²) in [5.74, 6) is 0.276. The zero-order valence-corrected chi connectivity index (χ0v) is 12.9. The van der Waals surface area contributed by atoms with Gasteiger partial charge in [-0.3, -0.25) is 4.79 Å². The molecule has 0 bridgehead atoms. The number of hydrogen-bond acceptors (Lipinski definition) is 2. The van der Waals surface area contributed by atoms with E-state index in [1.165, 1.54) is 12.1 Å². The summed E-state index contributed by atoms with van der Waals surface area (Å²) in [6, 6.07) is 4.51. The molecule has 1 atom stereocenters. The number of benzene rings is 1. The number of Topliss-reactive ketones (excluding diaryl/α,β-unsaturated/α-hetero) is 1. The number of carbonyl (C=O) groups excluding carboxylic acids is 1. The highest BCUT2D eigenvalue weighted by molar-refractivity contribution is 9.10. The van der Waals surface area contributed by atoms with Crippen molar-refractivity contribution in [3.63, 3.8) is 0 Å². The second-order valence-electron chi connectivity index (χ2n) is 5.57. The highest BCUT2D eigenvalue weighted by atomic mass is 79.9. The fourth-order valence-corrected chi connectivity index (χ4v) is 3.27. The molecule has 0 saturated carbocycles. The van der Waals surface area contributed by atoms with Crippen LogP contribution in [-0.4, -0.2) is 18.9 Å². The summed E-state index contributed by atoms with van der Waals surface area (Å²) in [6.45, 7) is 5.85. The zero-order valence-electron chi connectivity index (χ0n) is 11.3. The van der Waals surface area contributed by atoms with Gasteiger partial charge in [0.15, 0.2) is 0 Å². The van der Waals surface area contributed by atoms with Gasteiger partial charge in [0.25, 0.3) is 0 Å². The minimum atomic E-state index is -0.288. The molecule has 1 aromatic rings. The molecule has 1 saturated heterocycles. The molecule has 19 heavy (non-hydrogen) atoms. The predicted molar refractivity (Wildman–Crippen MR) is 77.6 cm³/mol. The Morgan fingerprint density at radius 2 is 2.26 bits per heavy atom. The van der Waals surface area contributed by atoms with Gasteiger partial charge in [-0.1, -0.05) is 35.8 Å². The van der Waals surface area contributed by atoms with E-state index in [-0.39, 0.29) is 17.0 Å². The molecule has 0 aromatic heterocycles. The fourth-order valence-electron chi connectivity index (χ4n) is 2.78. The van der Waals surface area contributed by atoms with Crippen LogP contribution in [0.25, 0.3) is 0 Å². The average Bonchev–Trinajstić information content (AvgIpc) is 2.83. The Morgan fingerprint density at radius 3 is 2.79 bits per heavy atom. The van der Waals surface area contributed by atoms with Crippen molar-refractivity contribution in [3.05, 3.63) is 34.1 Å². The van der Waals surface area contributed by atoms with Crippen molar-refractivity contribution in [2.24, 2.45) is 11.3 Å². The first-order chi connectivity index (χ1) is 8.95. The van der Waals surface area contributed by atoms with Gasteiger partial charge in [-0.05, 0) is 36.6 Å². The summed E-state index contributed by atoms with van der Waals surface area (Å²) in [7, 11) is 0. The van der Waals surface area contributed by atoms with Gasteiger partial charge in [0.2, 0.25) is 0 Å². The molecule has 1 aliphatic heterocycles. The van der Waals surface area contributed by atoms with Crippen molar-refractivity contribution in [2.45, 2.75) is 26.7 Å². The van der Waals surface area contributed by atoms with Crippen molar-refractivity contribution in [1.29, 1.82) is 0 Å². The first kappa shape index (κ1) is 14.7. The third-order valence-electron chi connectivity index (χ3n) is 4.21. The lowest BCUT2D eigenvalue weighted by atomic mass is 9.71. The van der Waals surface area contributed by atoms with Crippen LogP contribution in [0.3, 0.4) is 0 Å². The lowest BCUT2D eigenvalue weighted by Gasteiger charge is -2.31. The van der Waals surface area contributed by atoms with E-state index in [0.717, 1.165) is 25.1 Å². The molecule has 4 heteroatoms. The molecule has 2 nitrogen and oxygen atoms in total. The average molecular weight is 328 g/mol. The van der Waals surface area contributed by atoms with Gasteiger partial charge in [-0.2, -0.15) is 0 Å². The highest BCUT2D eigenvalue weighted by Crippen LogP contribution is 2.36. The highest BCUT2D eigenvalue weighted by Gasteiger charge is 2.43. The molecule has 0 aliphatic carbocycles. The number of rotatable bonds is 4. The van der Waals surface area contributed by atoms with Crippen molar-refractivity contribution in [2.75, 3.05) is 13.1 Å². The van der Waals surface area contributed by atoms with Gasteiger partial charge in [0.05, 0.1) is 0 Å². The van der Waals surface area contributed by atoms with E-state index in [9.17, 15) is 9.18 Å². The molecule has 1 unspecified atom stereocenters. The van der Waals surface area contributed by atoms with Crippen LogP contribution in [0.5, 0.6) is 0 Å². The Balaban J connectivity index is 2.20. The van der Waals surface area contributed by atoms with Crippen molar-refractivity contribution in [1.82, 2.24) is 5.32 Å². The van der Waals surface area contributed by atoms with Crippen molar-refractivity contribution < 1.29 is 9.18 Å². The number of nitrogens with one attached hydrogen (secondary N) is 1. The minimum Gasteiger partial charge on any atom is -0.316 e. The third kappa shape index (κ3) is 2.90. The Bertz CT molecular complexity index is 481. The largest absolute Gasteiger partial charge is 0.316 e. The second kappa shape index (κ2) is 5.71. The SMILES string of the molecule is CC(C)C1(C(=O)Cc2ccc(F)cc2Br)CCNC1. The summed E-state index contributed by atoms with van der Waals surface area (Å²) in [5.41, 5.74) is 0.590. The first-order valence-electron chi connectivity index (χ1n) is 6.63. The molecule has 0 radical (unpaired) electrons. The van der Waals surface area contributed by atoms with Crippen LogP contribution in [0.15, 0.2) is 22.7 Å². The lowest BCUT2D eigenvalue weighted by Crippen LogP contribution is -2.39. The Morgan fingerprint density at radius 1 is 1.53 bits per heavy atom. The molecule has 104 valence electrons. The molecule has 1 aromatic carbocycles. The first-order valence-corrected chi connectivity index (χ1v) is 7.43. The molecular formula is C15H19BrFNO. The molecule has 2 rings (SSSR count). The van der Waals surface area contributed by atoms with Gasteiger partial charge >= 0.3 is 0 Å². The summed E-state index contributed by atoms with van der Waals surface area (Å²) in [6.07, 6.45) is 1.25. The van der Waals surface area contributed by atoms with Crippen LogP contribution >= 0.6 is 15.9 Å². The van der Waals surface area contributed by atoms with Gasteiger partial charge in [0.1, 0.15) is 11.6 Å². The lowest BCUT2D eigenvalue weighted by molar-refractivity contribution is -0.129.